The molecule has 4 bridgehead atoms. The Morgan fingerprint density at radius 1 is 1.13 bits per heavy atom. The van der Waals surface area contributed by atoms with E-state index in [9.17, 15) is 23.1 Å². The Morgan fingerprint density at radius 2 is 1.61 bits per heavy atom. The fourth-order valence-corrected chi connectivity index (χ4v) is 5.18. The Morgan fingerprint density at radius 3 is 1.96 bits per heavy atom. The van der Waals surface area contributed by atoms with E-state index in [1.807, 2.05) is 0 Å². The minimum Gasteiger partial charge on any atom is -0.455 e. The van der Waals surface area contributed by atoms with Crippen molar-refractivity contribution in [3.05, 3.63) is 0 Å². The number of esters is 1. The highest BCUT2D eigenvalue weighted by Crippen LogP contribution is 2.60. The second-order valence-corrected chi connectivity index (χ2v) is 7.99. The van der Waals surface area contributed by atoms with Crippen LogP contribution >= 0.6 is 0 Å². The molecule has 4 aliphatic rings. The third-order valence-corrected chi connectivity index (χ3v) is 6.83. The molecule has 0 aromatic carbocycles. The lowest BCUT2D eigenvalue weighted by molar-refractivity contribution is -0.260. The van der Waals surface area contributed by atoms with Crippen LogP contribution in [0.25, 0.3) is 0 Å². The predicted octanol–water partition coefficient (Wildman–Crippen LogP) is 3.70. The van der Waals surface area contributed by atoms with Crippen LogP contribution in [0.15, 0.2) is 0 Å². The zero-order chi connectivity index (χ0) is 17.0. The van der Waals surface area contributed by atoms with Crippen LogP contribution in [0.1, 0.15) is 52.4 Å². The molecule has 1 unspecified atom stereocenters. The van der Waals surface area contributed by atoms with Crippen molar-refractivity contribution >= 4 is 5.97 Å². The van der Waals surface area contributed by atoms with E-state index in [2.05, 4.69) is 0 Å². The highest BCUT2D eigenvalue weighted by molar-refractivity contribution is 5.78. The average Bonchev–Trinajstić information content (AvgIpc) is 2.48. The van der Waals surface area contributed by atoms with Crippen molar-refractivity contribution in [2.75, 3.05) is 6.61 Å². The van der Waals surface area contributed by atoms with Crippen LogP contribution in [0.5, 0.6) is 0 Å². The molecule has 0 aromatic heterocycles. The van der Waals surface area contributed by atoms with Crippen molar-refractivity contribution in [2.24, 2.45) is 29.1 Å². The molecule has 0 saturated heterocycles. The topological polar surface area (TPSA) is 46.5 Å². The normalized spacial score (nSPS) is 41.7. The van der Waals surface area contributed by atoms with Gasteiger partial charge in [-0.15, -0.1) is 0 Å². The molecule has 23 heavy (non-hydrogen) atoms. The highest BCUT2D eigenvalue weighted by Gasteiger charge is 2.63. The molecule has 0 spiro atoms. The Kier molecular flexibility index (Phi) is 3.98. The number of alkyl halides is 3. The molecule has 1 N–H and O–H groups in total. The maximum atomic E-state index is 13.3. The van der Waals surface area contributed by atoms with Crippen molar-refractivity contribution < 1.29 is 27.8 Å². The molecule has 4 aliphatic carbocycles. The Balaban J connectivity index is 1.86. The van der Waals surface area contributed by atoms with Crippen LogP contribution in [-0.4, -0.2) is 29.5 Å². The maximum absolute atomic E-state index is 13.3. The summed E-state index contributed by atoms with van der Waals surface area (Å²) >= 11 is 0. The van der Waals surface area contributed by atoms with Gasteiger partial charge in [0.25, 0.3) is 0 Å². The quantitative estimate of drug-likeness (QED) is 0.798. The summed E-state index contributed by atoms with van der Waals surface area (Å²) in [4.78, 5) is 12.4. The number of carbonyl (C=O) groups excluding carboxylic acids is 1. The monoisotopic (exact) mass is 334 g/mol. The summed E-state index contributed by atoms with van der Waals surface area (Å²) in [6, 6.07) is 0. The van der Waals surface area contributed by atoms with E-state index >= 15 is 0 Å². The fourth-order valence-electron chi connectivity index (χ4n) is 5.18. The summed E-state index contributed by atoms with van der Waals surface area (Å²) in [5, 5.41) is 9.98. The van der Waals surface area contributed by atoms with E-state index in [4.69, 9.17) is 4.74 Å². The molecule has 0 radical (unpaired) electrons. The van der Waals surface area contributed by atoms with Crippen LogP contribution < -0.4 is 0 Å². The van der Waals surface area contributed by atoms with Crippen molar-refractivity contribution in [3.8, 4) is 0 Å². The third-order valence-electron chi connectivity index (χ3n) is 6.83. The average molecular weight is 334 g/mol. The summed E-state index contributed by atoms with van der Waals surface area (Å²) in [6.07, 6.45) is -0.409. The van der Waals surface area contributed by atoms with Crippen LogP contribution in [0.2, 0.25) is 0 Å². The van der Waals surface area contributed by atoms with Gasteiger partial charge in [0, 0.05) is 11.8 Å². The zero-order valence-corrected chi connectivity index (χ0v) is 13.7. The molecule has 1 atom stereocenters. The molecule has 4 saturated carbocycles. The first-order valence-corrected chi connectivity index (χ1v) is 8.57. The number of aliphatic hydroxyl groups is 1. The molecule has 0 heterocycles. The van der Waals surface area contributed by atoms with E-state index in [-0.39, 0.29) is 24.9 Å². The van der Waals surface area contributed by atoms with E-state index in [0.717, 1.165) is 32.6 Å². The SMILES string of the molecule is CCC(C)(C(=O)OC1(CO)C2CC3CC(C2)CC1C3)C(F)(F)F. The lowest BCUT2D eigenvalue weighted by atomic mass is 9.50. The summed E-state index contributed by atoms with van der Waals surface area (Å²) in [5.41, 5.74) is -3.62. The van der Waals surface area contributed by atoms with Gasteiger partial charge in [0.05, 0.1) is 6.61 Å². The summed E-state index contributed by atoms with van der Waals surface area (Å²) in [6.45, 7) is 1.87. The molecule has 4 fully saturated rings. The summed E-state index contributed by atoms with van der Waals surface area (Å²) < 4.78 is 45.5. The van der Waals surface area contributed by atoms with Gasteiger partial charge in [-0.1, -0.05) is 6.92 Å². The van der Waals surface area contributed by atoms with E-state index in [1.165, 1.54) is 13.3 Å². The van der Waals surface area contributed by atoms with Crippen LogP contribution in [0.3, 0.4) is 0 Å². The van der Waals surface area contributed by atoms with Crippen molar-refractivity contribution in [1.82, 2.24) is 0 Å². The third kappa shape index (κ3) is 2.39. The predicted molar refractivity (Wildman–Crippen MR) is 77.4 cm³/mol. The molecule has 0 aliphatic heterocycles. The minimum absolute atomic E-state index is 0.00189. The van der Waals surface area contributed by atoms with Gasteiger partial charge in [0.15, 0.2) is 5.41 Å². The Labute approximate surface area is 134 Å². The van der Waals surface area contributed by atoms with Gasteiger partial charge in [-0.05, 0) is 57.3 Å². The summed E-state index contributed by atoms with van der Waals surface area (Å²) in [7, 11) is 0. The number of carbonyl (C=O) groups is 1. The van der Waals surface area contributed by atoms with Gasteiger partial charge in [-0.3, -0.25) is 4.79 Å². The first-order chi connectivity index (χ1) is 10.7. The van der Waals surface area contributed by atoms with Crippen LogP contribution in [-0.2, 0) is 9.53 Å². The molecular weight excluding hydrogens is 309 g/mol. The number of ether oxygens (including phenoxy) is 1. The summed E-state index contributed by atoms with van der Waals surface area (Å²) in [5.74, 6) is -0.0646. The maximum Gasteiger partial charge on any atom is 0.404 e. The van der Waals surface area contributed by atoms with E-state index in [0.29, 0.717) is 11.8 Å². The molecule has 3 nitrogen and oxygen atoms in total. The first kappa shape index (κ1) is 17.1. The largest absolute Gasteiger partial charge is 0.455 e. The molecule has 6 heteroatoms. The number of hydrogen-bond donors (Lipinski definition) is 1. The van der Waals surface area contributed by atoms with E-state index < -0.39 is 23.2 Å². The first-order valence-electron chi connectivity index (χ1n) is 8.57. The highest BCUT2D eigenvalue weighted by atomic mass is 19.4. The molecule has 4 rings (SSSR count). The smallest absolute Gasteiger partial charge is 0.404 e. The van der Waals surface area contributed by atoms with E-state index in [1.54, 1.807) is 0 Å². The second-order valence-electron chi connectivity index (χ2n) is 7.99. The Bertz CT molecular complexity index is 460. The Hall–Kier alpha value is -0.780. The lowest BCUT2D eigenvalue weighted by Crippen LogP contribution is -2.63. The minimum atomic E-state index is -4.65. The van der Waals surface area contributed by atoms with Gasteiger partial charge < -0.3 is 9.84 Å². The van der Waals surface area contributed by atoms with Gasteiger partial charge in [-0.2, -0.15) is 13.2 Å². The standard InChI is InChI=1S/C17H25F3O3/c1-3-15(2,17(18,19)20)14(22)23-16(9-21)12-5-10-4-11(7-12)8-13(16)6-10/h10-13,21H,3-9H2,1-2H3. The second kappa shape index (κ2) is 5.36. The molecule has 0 amide bonds. The number of halogens is 3. The van der Waals surface area contributed by atoms with Gasteiger partial charge in [-0.25, -0.2) is 0 Å². The zero-order valence-electron chi connectivity index (χ0n) is 13.7. The van der Waals surface area contributed by atoms with Crippen molar-refractivity contribution in [1.29, 1.82) is 0 Å². The van der Waals surface area contributed by atoms with Gasteiger partial charge >= 0.3 is 12.1 Å². The lowest BCUT2D eigenvalue weighted by Gasteiger charge is -2.60. The van der Waals surface area contributed by atoms with Crippen molar-refractivity contribution in [2.45, 2.75) is 64.1 Å². The fraction of sp³-hybridized carbons (Fsp3) is 0.941. The van der Waals surface area contributed by atoms with Crippen LogP contribution in [0.4, 0.5) is 13.2 Å². The number of rotatable bonds is 4. The molecule has 132 valence electrons. The van der Waals surface area contributed by atoms with Gasteiger partial charge in [0.1, 0.15) is 5.60 Å². The number of aliphatic hydroxyl groups excluding tert-OH is 1. The van der Waals surface area contributed by atoms with Crippen LogP contribution in [0, 0.1) is 29.1 Å². The number of hydrogen-bond acceptors (Lipinski definition) is 3. The molecular formula is C17H25F3O3. The van der Waals surface area contributed by atoms with Crippen molar-refractivity contribution in [3.63, 3.8) is 0 Å². The van der Waals surface area contributed by atoms with Gasteiger partial charge in [0.2, 0.25) is 0 Å². The molecule has 0 aromatic rings.